The van der Waals surface area contributed by atoms with Crippen LogP contribution in [0.1, 0.15) is 12.8 Å². The summed E-state index contributed by atoms with van der Waals surface area (Å²) < 4.78 is 30.3. The fraction of sp³-hybridized carbons (Fsp3) is 1.00. The van der Waals surface area contributed by atoms with E-state index in [9.17, 15) is 8.42 Å². The van der Waals surface area contributed by atoms with Crippen LogP contribution in [0.2, 0.25) is 0 Å². The Morgan fingerprint density at radius 3 is 2.80 bits per heavy atom. The van der Waals surface area contributed by atoms with Gasteiger partial charge >= 0.3 is 0 Å². The van der Waals surface area contributed by atoms with E-state index >= 15 is 0 Å². The average molecular weight is 239 g/mol. The molecule has 0 saturated carbocycles. The summed E-state index contributed by atoms with van der Waals surface area (Å²) in [5.74, 6) is -0.0782. The monoisotopic (exact) mass is 239 g/mol. The van der Waals surface area contributed by atoms with Gasteiger partial charge in [-0.25, -0.2) is 13.1 Å². The number of hydrogen-bond acceptors (Lipinski definition) is 5. The molecule has 0 radical (unpaired) electrons. The predicted octanol–water partition coefficient (Wildman–Crippen LogP) is -1.56. The Morgan fingerprint density at radius 2 is 2.27 bits per heavy atom. The summed E-state index contributed by atoms with van der Waals surface area (Å²) in [6.07, 6.45) is 0.348. The third-order valence-electron chi connectivity index (χ3n) is 2.18. The highest BCUT2D eigenvalue weighted by Gasteiger charge is 2.23. The molecule has 0 aromatic carbocycles. The Hall–Kier alpha value is -0.210. The molecular weight excluding hydrogens is 222 g/mol. The lowest BCUT2D eigenvalue weighted by molar-refractivity contribution is 0.0984. The Kier molecular flexibility index (Phi) is 4.94. The summed E-state index contributed by atoms with van der Waals surface area (Å²) in [5, 5.41) is 17.5. The first-order valence-electron chi connectivity index (χ1n) is 4.91. The molecule has 1 saturated heterocycles. The zero-order chi connectivity index (χ0) is 11.3. The predicted molar refractivity (Wildman–Crippen MR) is 53.9 cm³/mol. The number of aliphatic hydroxyl groups excluding tert-OH is 2. The van der Waals surface area contributed by atoms with Gasteiger partial charge in [0, 0.05) is 13.2 Å². The molecule has 90 valence electrons. The SMILES string of the molecule is O=S(=O)(CC1CCCO1)NCC(O)CO. The molecular formula is C8H17NO5S. The van der Waals surface area contributed by atoms with Crippen LogP contribution in [0.3, 0.4) is 0 Å². The first-order valence-corrected chi connectivity index (χ1v) is 6.56. The zero-order valence-corrected chi connectivity index (χ0v) is 9.24. The summed E-state index contributed by atoms with van der Waals surface area (Å²) in [5.41, 5.74) is 0. The van der Waals surface area contributed by atoms with E-state index < -0.39 is 22.7 Å². The molecule has 7 heteroatoms. The van der Waals surface area contributed by atoms with Gasteiger partial charge in [0.05, 0.1) is 24.6 Å². The summed E-state index contributed by atoms with van der Waals surface area (Å²) in [6, 6.07) is 0. The fourth-order valence-corrected chi connectivity index (χ4v) is 2.68. The van der Waals surface area contributed by atoms with Crippen molar-refractivity contribution in [1.29, 1.82) is 0 Å². The molecule has 1 aliphatic heterocycles. The molecule has 0 bridgehead atoms. The standard InChI is InChI=1S/C8H17NO5S/c10-5-7(11)4-9-15(12,13)6-8-2-1-3-14-8/h7-11H,1-6H2. The topological polar surface area (TPSA) is 95.9 Å². The first-order chi connectivity index (χ1) is 7.03. The van der Waals surface area contributed by atoms with Gasteiger partial charge in [0.15, 0.2) is 0 Å². The van der Waals surface area contributed by atoms with E-state index in [1.165, 1.54) is 0 Å². The zero-order valence-electron chi connectivity index (χ0n) is 8.42. The van der Waals surface area contributed by atoms with Crippen LogP contribution < -0.4 is 4.72 Å². The lowest BCUT2D eigenvalue weighted by atomic mass is 10.3. The third kappa shape index (κ3) is 4.89. The van der Waals surface area contributed by atoms with E-state index in [2.05, 4.69) is 4.72 Å². The normalized spacial score (nSPS) is 24.3. The molecule has 0 aromatic heterocycles. The molecule has 15 heavy (non-hydrogen) atoms. The largest absolute Gasteiger partial charge is 0.394 e. The molecule has 0 spiro atoms. The third-order valence-corrected chi connectivity index (χ3v) is 3.60. The van der Waals surface area contributed by atoms with Crippen molar-refractivity contribution in [3.63, 3.8) is 0 Å². The van der Waals surface area contributed by atoms with Gasteiger partial charge in [-0.2, -0.15) is 0 Å². The van der Waals surface area contributed by atoms with E-state index in [0.29, 0.717) is 6.61 Å². The van der Waals surface area contributed by atoms with Gasteiger partial charge < -0.3 is 14.9 Å². The van der Waals surface area contributed by atoms with E-state index in [4.69, 9.17) is 14.9 Å². The van der Waals surface area contributed by atoms with Gasteiger partial charge in [-0.15, -0.1) is 0 Å². The van der Waals surface area contributed by atoms with Crippen molar-refractivity contribution >= 4 is 10.0 Å². The van der Waals surface area contributed by atoms with E-state index in [-0.39, 0.29) is 18.4 Å². The minimum atomic E-state index is -3.42. The molecule has 3 N–H and O–H groups in total. The fourth-order valence-electron chi connectivity index (χ4n) is 1.37. The van der Waals surface area contributed by atoms with Crippen molar-refractivity contribution in [1.82, 2.24) is 4.72 Å². The number of rotatable bonds is 6. The maximum atomic E-state index is 11.4. The summed E-state index contributed by atoms with van der Waals surface area (Å²) in [7, 11) is -3.42. The smallest absolute Gasteiger partial charge is 0.214 e. The molecule has 6 nitrogen and oxygen atoms in total. The molecule has 1 aliphatic rings. The van der Waals surface area contributed by atoms with Crippen molar-refractivity contribution in [3.8, 4) is 0 Å². The first kappa shape index (κ1) is 12.9. The highest BCUT2D eigenvalue weighted by molar-refractivity contribution is 7.89. The highest BCUT2D eigenvalue weighted by atomic mass is 32.2. The van der Waals surface area contributed by atoms with Crippen molar-refractivity contribution in [2.24, 2.45) is 0 Å². The van der Waals surface area contributed by atoms with Crippen LogP contribution in [-0.4, -0.2) is 56.4 Å². The number of sulfonamides is 1. The molecule has 0 aromatic rings. The molecule has 0 aliphatic carbocycles. The summed E-state index contributed by atoms with van der Waals surface area (Å²) >= 11 is 0. The van der Waals surface area contributed by atoms with E-state index in [1.54, 1.807) is 0 Å². The number of hydrogen-bond donors (Lipinski definition) is 3. The van der Waals surface area contributed by atoms with Crippen molar-refractivity contribution in [2.75, 3.05) is 25.5 Å². The minimum absolute atomic E-state index is 0.0782. The van der Waals surface area contributed by atoms with Gasteiger partial charge in [0.2, 0.25) is 10.0 Å². The van der Waals surface area contributed by atoms with Gasteiger partial charge in [-0.05, 0) is 12.8 Å². The Labute approximate surface area is 89.3 Å². The molecule has 1 fully saturated rings. The molecule has 2 unspecified atom stereocenters. The van der Waals surface area contributed by atoms with Crippen LogP contribution in [0.4, 0.5) is 0 Å². The summed E-state index contributed by atoms with van der Waals surface area (Å²) in [4.78, 5) is 0. The van der Waals surface area contributed by atoms with Crippen LogP contribution in [0.5, 0.6) is 0 Å². The van der Waals surface area contributed by atoms with Crippen molar-refractivity contribution in [3.05, 3.63) is 0 Å². The Bertz CT molecular complexity index is 273. The van der Waals surface area contributed by atoms with E-state index in [0.717, 1.165) is 12.8 Å². The number of nitrogens with one attached hydrogen (secondary N) is 1. The summed E-state index contributed by atoms with van der Waals surface area (Å²) in [6.45, 7) is -0.00649. The van der Waals surface area contributed by atoms with Crippen molar-refractivity contribution < 1.29 is 23.4 Å². The molecule has 0 amide bonds. The maximum absolute atomic E-state index is 11.4. The molecule has 1 heterocycles. The van der Waals surface area contributed by atoms with E-state index in [1.807, 2.05) is 0 Å². The Morgan fingerprint density at radius 1 is 1.53 bits per heavy atom. The van der Waals surface area contributed by atoms with Gasteiger partial charge in [-0.1, -0.05) is 0 Å². The van der Waals surface area contributed by atoms with Crippen molar-refractivity contribution in [2.45, 2.75) is 25.0 Å². The van der Waals surface area contributed by atoms with Gasteiger partial charge in [-0.3, -0.25) is 0 Å². The second kappa shape index (κ2) is 5.76. The maximum Gasteiger partial charge on any atom is 0.214 e. The number of ether oxygens (including phenoxy) is 1. The van der Waals surface area contributed by atoms with Crippen LogP contribution in [0.15, 0.2) is 0 Å². The minimum Gasteiger partial charge on any atom is -0.394 e. The quantitative estimate of drug-likeness (QED) is 0.521. The highest BCUT2D eigenvalue weighted by Crippen LogP contribution is 2.13. The molecule has 2 atom stereocenters. The van der Waals surface area contributed by atoms with Crippen LogP contribution in [0.25, 0.3) is 0 Å². The van der Waals surface area contributed by atoms with Crippen LogP contribution in [-0.2, 0) is 14.8 Å². The lowest BCUT2D eigenvalue weighted by Gasteiger charge is -2.12. The van der Waals surface area contributed by atoms with Crippen LogP contribution in [0, 0.1) is 0 Å². The second-order valence-electron chi connectivity index (χ2n) is 3.60. The molecule has 1 rings (SSSR count). The van der Waals surface area contributed by atoms with Gasteiger partial charge in [0.1, 0.15) is 0 Å². The van der Waals surface area contributed by atoms with Crippen LogP contribution >= 0.6 is 0 Å². The van der Waals surface area contributed by atoms with Gasteiger partial charge in [0.25, 0.3) is 0 Å². The Balaban J connectivity index is 2.31. The second-order valence-corrected chi connectivity index (χ2v) is 5.45. The average Bonchev–Trinajstić information content (AvgIpc) is 2.66. The number of aliphatic hydroxyl groups is 2. The lowest BCUT2D eigenvalue weighted by Crippen LogP contribution is -2.37.